The number of carboxylic acids is 4. The molecule has 5 N–H and O–H groups in total. The first kappa shape index (κ1) is 24.3. The first-order valence-corrected chi connectivity index (χ1v) is 9.85. The molecule has 11 nitrogen and oxygen atoms in total. The van der Waals surface area contributed by atoms with Gasteiger partial charge in [-0.3, -0.25) is 0 Å². The van der Waals surface area contributed by atoms with E-state index in [4.69, 9.17) is 25.0 Å². The zero-order valence-corrected chi connectivity index (χ0v) is 17.4. The molecule has 0 saturated heterocycles. The summed E-state index contributed by atoms with van der Waals surface area (Å²) < 4.78 is 31.4. The Labute approximate surface area is 180 Å². The van der Waals surface area contributed by atoms with Crippen molar-refractivity contribution in [1.82, 2.24) is 0 Å². The molecule has 2 aromatic rings. The zero-order chi connectivity index (χ0) is 22.5. The Kier molecular flexibility index (Phi) is 8.05. The molecule has 0 bridgehead atoms. The third-order valence-corrected chi connectivity index (χ3v) is 4.84. The standard InChI is InChI=1S/C8H5O7S.C8H6O4.Na/c9-7(10)4-2-1-3-5(8(11)12)6(4)16(13,14)15;9-7(10)5-2-1-3-6(4-5)8(11)12;/h2-3H,(H,9,10)(H,11,12)(H,13,14,15);1-4H,(H,9,10)(H,11,12);. The molecule has 29 heavy (non-hydrogen) atoms. The summed E-state index contributed by atoms with van der Waals surface area (Å²) in [4.78, 5) is 41.4. The van der Waals surface area contributed by atoms with E-state index in [0.717, 1.165) is 18.2 Å². The van der Waals surface area contributed by atoms with Gasteiger partial charge < -0.3 is 10.2 Å². The normalized spacial score (nSPS) is 10.4. The number of hydrogen-bond donors (Lipinski definition) is 5. The molecule has 0 spiro atoms. The van der Waals surface area contributed by atoms with Crippen LogP contribution in [-0.4, -0.2) is 85.2 Å². The first-order chi connectivity index (χ1) is 13.3. The van der Waals surface area contributed by atoms with Crippen LogP contribution in [0.4, 0.5) is 0 Å². The summed E-state index contributed by atoms with van der Waals surface area (Å²) >= 11 is 0.344. The predicted octanol–water partition coefficient (Wildman–Crippen LogP) is 0.207. The Morgan fingerprint density at radius 1 is 0.724 bits per heavy atom. The van der Waals surface area contributed by atoms with Crippen molar-refractivity contribution in [2.75, 3.05) is 0 Å². The van der Waals surface area contributed by atoms with Gasteiger partial charge in [-0.25, -0.2) is 9.59 Å². The van der Waals surface area contributed by atoms with Crippen LogP contribution in [0.5, 0.6) is 0 Å². The molecule has 0 aliphatic rings. The smallest absolute Gasteiger partial charge is 0.335 e. The minimum absolute atomic E-state index is 0.0186. The van der Waals surface area contributed by atoms with Crippen LogP contribution in [-0.2, 0) is 10.1 Å². The Morgan fingerprint density at radius 2 is 1.10 bits per heavy atom. The van der Waals surface area contributed by atoms with Crippen LogP contribution in [0.3, 0.4) is 0 Å². The van der Waals surface area contributed by atoms with Gasteiger partial charge in [-0.15, -0.1) is 0 Å². The van der Waals surface area contributed by atoms with Crippen LogP contribution in [0.2, 0.25) is 0 Å². The number of rotatable bonds is 5. The van der Waals surface area contributed by atoms with Gasteiger partial charge >= 0.3 is 126 Å². The van der Waals surface area contributed by atoms with E-state index >= 15 is 0 Å². The minimum Gasteiger partial charge on any atom is -0.478 e. The number of aromatic carboxylic acids is 4. The van der Waals surface area contributed by atoms with E-state index < -0.39 is 50.0 Å². The second-order valence-corrected chi connectivity index (χ2v) is 7.98. The van der Waals surface area contributed by atoms with Crippen LogP contribution in [0.1, 0.15) is 41.4 Å². The van der Waals surface area contributed by atoms with Crippen molar-refractivity contribution in [1.29, 1.82) is 0 Å². The van der Waals surface area contributed by atoms with Gasteiger partial charge in [0.15, 0.2) is 0 Å². The van der Waals surface area contributed by atoms with Crippen molar-refractivity contribution in [3.05, 3.63) is 58.7 Å². The van der Waals surface area contributed by atoms with Crippen LogP contribution >= 0.6 is 0 Å². The molecule has 0 atom stereocenters. The largest absolute Gasteiger partial charge is 0.478 e. The zero-order valence-electron chi connectivity index (χ0n) is 14.6. The molecule has 2 aromatic carbocycles. The number of hydrogen-bond acceptors (Lipinski definition) is 6. The van der Waals surface area contributed by atoms with Gasteiger partial charge in [-0.05, 0) is 18.2 Å². The van der Waals surface area contributed by atoms with E-state index in [1.54, 1.807) is 0 Å². The summed E-state index contributed by atoms with van der Waals surface area (Å²) in [5.41, 5.74) is -1.51. The molecule has 13 heteroatoms. The maximum atomic E-state index is 11.0. The molecule has 0 saturated carbocycles. The monoisotopic (exact) mass is 434 g/mol. The Balaban J connectivity index is 0.000000308. The number of carbonyl (C=O) groups is 4. The SMILES string of the molecule is O=C(O)c1c[c]([Na])cc(C(=O)O)c1S(=O)(=O)O.O=C(O)c1cccc(C(=O)O)c1. The molecule has 0 amide bonds. The molecule has 148 valence electrons. The summed E-state index contributed by atoms with van der Waals surface area (Å²) in [5.74, 6) is -5.48. The fourth-order valence-corrected chi connectivity index (χ4v) is 3.58. The average Bonchev–Trinajstić information content (AvgIpc) is 2.60. The number of carboxylic acid groups (broad SMARTS) is 4. The Morgan fingerprint density at radius 3 is 1.38 bits per heavy atom. The third-order valence-electron chi connectivity index (χ3n) is 3.31. The van der Waals surface area contributed by atoms with Gasteiger partial charge in [-0.2, -0.15) is 0 Å². The van der Waals surface area contributed by atoms with Crippen molar-refractivity contribution < 1.29 is 52.6 Å². The number of benzene rings is 2. The molecule has 0 unspecified atom stereocenters. The summed E-state index contributed by atoms with van der Waals surface area (Å²) in [5, 5.41) is 34.6. The van der Waals surface area contributed by atoms with Crippen molar-refractivity contribution >= 4 is 64.7 Å². The first-order valence-electron chi connectivity index (χ1n) is 7.41. The molecule has 0 aromatic heterocycles. The molecular weight excluding hydrogens is 423 g/mol. The quantitative estimate of drug-likeness (QED) is 0.318. The molecule has 0 heterocycles. The fourth-order valence-electron chi connectivity index (χ4n) is 2.15. The van der Waals surface area contributed by atoms with Crippen molar-refractivity contribution in [3.8, 4) is 0 Å². The summed E-state index contributed by atoms with van der Waals surface area (Å²) in [6.07, 6.45) is 0. The van der Waals surface area contributed by atoms with Crippen molar-refractivity contribution in [3.63, 3.8) is 0 Å². The van der Waals surface area contributed by atoms with Gasteiger partial charge in [0.05, 0.1) is 11.1 Å². The third kappa shape index (κ3) is 6.66. The molecule has 2 rings (SSSR count). The van der Waals surface area contributed by atoms with E-state index in [9.17, 15) is 27.6 Å². The van der Waals surface area contributed by atoms with Gasteiger partial charge in [0.2, 0.25) is 0 Å². The van der Waals surface area contributed by atoms with Gasteiger partial charge in [-0.1, -0.05) is 6.07 Å². The molecule has 0 radical (unpaired) electrons. The van der Waals surface area contributed by atoms with E-state index in [0.29, 0.717) is 30.7 Å². The van der Waals surface area contributed by atoms with Crippen LogP contribution in [0, 0.1) is 0 Å². The van der Waals surface area contributed by atoms with Crippen LogP contribution in [0.15, 0.2) is 41.3 Å². The van der Waals surface area contributed by atoms with Gasteiger partial charge in [0.25, 0.3) is 0 Å². The van der Waals surface area contributed by atoms with Crippen LogP contribution in [0.25, 0.3) is 0 Å². The molecule has 0 aliphatic carbocycles. The van der Waals surface area contributed by atoms with E-state index in [1.165, 1.54) is 18.2 Å². The van der Waals surface area contributed by atoms with Crippen LogP contribution < -0.4 is 2.81 Å². The molecule has 0 fully saturated rings. The average molecular weight is 434 g/mol. The second kappa shape index (κ2) is 9.62. The van der Waals surface area contributed by atoms with E-state index in [1.807, 2.05) is 0 Å². The summed E-state index contributed by atoms with van der Waals surface area (Å²) in [7, 11) is -4.92. The maximum absolute atomic E-state index is 11.0. The Bertz CT molecular complexity index is 1040. The van der Waals surface area contributed by atoms with Crippen molar-refractivity contribution in [2.24, 2.45) is 0 Å². The second-order valence-electron chi connectivity index (χ2n) is 5.47. The summed E-state index contributed by atoms with van der Waals surface area (Å²) in [6.45, 7) is 0. The van der Waals surface area contributed by atoms with E-state index in [2.05, 4.69) is 0 Å². The molecular formula is C16H11NaO11S. The van der Waals surface area contributed by atoms with E-state index in [-0.39, 0.29) is 11.1 Å². The summed E-state index contributed by atoms with van der Waals surface area (Å²) in [6, 6.07) is 7.26. The molecule has 0 aliphatic heterocycles. The maximum Gasteiger partial charge on any atom is 0.335 e. The van der Waals surface area contributed by atoms with Gasteiger partial charge in [0, 0.05) is 0 Å². The van der Waals surface area contributed by atoms with Gasteiger partial charge in [0.1, 0.15) is 0 Å². The minimum atomic E-state index is -4.92. The predicted molar refractivity (Wildman–Crippen MR) is 95.9 cm³/mol. The fraction of sp³-hybridized carbons (Fsp3) is 0. The topological polar surface area (TPSA) is 204 Å². The Hall–Kier alpha value is -2.77. The van der Waals surface area contributed by atoms with Crippen molar-refractivity contribution in [2.45, 2.75) is 4.90 Å².